The molecule has 0 radical (unpaired) electrons. The summed E-state index contributed by atoms with van der Waals surface area (Å²) in [6, 6.07) is 15.5. The smallest absolute Gasteiger partial charge is 0.376 e. The maximum atomic E-state index is 13.2. The Kier molecular flexibility index (Phi) is 8.87. The van der Waals surface area contributed by atoms with Crippen LogP contribution in [0.1, 0.15) is 31.9 Å². The van der Waals surface area contributed by atoms with Gasteiger partial charge in [-0.15, -0.1) is 0 Å². The molecule has 2 aromatic carbocycles. The zero-order valence-electron chi connectivity index (χ0n) is 19.1. The van der Waals surface area contributed by atoms with Gasteiger partial charge in [-0.1, -0.05) is 60.7 Å². The van der Waals surface area contributed by atoms with Crippen molar-refractivity contribution in [2.75, 3.05) is 0 Å². The van der Waals surface area contributed by atoms with E-state index >= 15 is 0 Å². The van der Waals surface area contributed by atoms with Crippen LogP contribution in [0.2, 0.25) is 0 Å². The topological polar surface area (TPSA) is 142 Å². The number of nitrogens with two attached hydrogens (primary N) is 2. The maximum absolute atomic E-state index is 13.2. The Labute approximate surface area is 193 Å². The number of Topliss-reactive ketones (excluding diaryl/α,β-unsaturated/α-hetero) is 1. The summed E-state index contributed by atoms with van der Waals surface area (Å²) in [6.45, 7) is 4.87. The Hall–Kier alpha value is -3.52. The first-order valence-electron chi connectivity index (χ1n) is 10.7. The molecular weight excluding hydrogens is 422 g/mol. The third-order valence-electron chi connectivity index (χ3n) is 4.91. The van der Waals surface area contributed by atoms with Gasteiger partial charge in [0.1, 0.15) is 11.6 Å². The van der Waals surface area contributed by atoms with Gasteiger partial charge in [0.25, 0.3) is 5.78 Å². The van der Waals surface area contributed by atoms with Crippen molar-refractivity contribution < 1.29 is 23.9 Å². The van der Waals surface area contributed by atoms with Crippen LogP contribution in [0.15, 0.2) is 60.7 Å². The average Bonchev–Trinajstić information content (AvgIpc) is 2.76. The zero-order chi connectivity index (χ0) is 24.6. The number of nitrogens with one attached hydrogen (secondary N) is 1. The predicted octanol–water partition coefficient (Wildman–Crippen LogP) is 1.30. The van der Waals surface area contributed by atoms with E-state index in [0.29, 0.717) is 0 Å². The molecule has 8 nitrogen and oxygen atoms in total. The molecule has 8 heteroatoms. The van der Waals surface area contributed by atoms with Crippen LogP contribution in [0.25, 0.3) is 0 Å². The Balaban J connectivity index is 2.25. The van der Waals surface area contributed by atoms with Gasteiger partial charge in [-0.25, -0.2) is 4.79 Å². The standard InChI is InChI=1S/C25H31N3O5/c1-25(2,3)33-24(32)21(29)20(26)18(14-16-10-6-4-7-11-16)23(31)28-19(22(27)30)15-17-12-8-5-9-13-17/h4-13,18-20H,14-15,26H2,1-3H3,(H2,27,30)(H,28,31)/t18?,19-,20-/m0/s1. The second-order valence-electron chi connectivity index (χ2n) is 8.84. The highest BCUT2D eigenvalue weighted by Crippen LogP contribution is 2.16. The predicted molar refractivity (Wildman–Crippen MR) is 124 cm³/mol. The van der Waals surface area contributed by atoms with Crippen molar-refractivity contribution in [1.82, 2.24) is 5.32 Å². The van der Waals surface area contributed by atoms with Gasteiger partial charge in [0.2, 0.25) is 11.8 Å². The van der Waals surface area contributed by atoms with E-state index in [2.05, 4.69) is 5.32 Å². The van der Waals surface area contributed by atoms with E-state index in [-0.39, 0.29) is 12.8 Å². The van der Waals surface area contributed by atoms with E-state index in [4.69, 9.17) is 16.2 Å². The summed E-state index contributed by atoms with van der Waals surface area (Å²) < 4.78 is 5.12. The SMILES string of the molecule is CC(C)(C)OC(=O)C(=O)[C@@H](N)C(Cc1ccccc1)C(=O)N[C@@H](Cc1ccccc1)C(N)=O. The summed E-state index contributed by atoms with van der Waals surface area (Å²) in [4.78, 5) is 50.2. The van der Waals surface area contributed by atoms with Crippen LogP contribution < -0.4 is 16.8 Å². The number of carbonyl (C=O) groups is 4. The van der Waals surface area contributed by atoms with Crippen LogP contribution in [0, 0.1) is 5.92 Å². The first-order valence-corrected chi connectivity index (χ1v) is 10.7. The number of rotatable bonds is 10. The number of ether oxygens (including phenoxy) is 1. The number of hydrogen-bond acceptors (Lipinski definition) is 6. The maximum Gasteiger partial charge on any atom is 0.376 e. The molecule has 0 spiro atoms. The molecule has 2 amide bonds. The fourth-order valence-electron chi connectivity index (χ4n) is 3.25. The minimum Gasteiger partial charge on any atom is -0.454 e. The molecule has 3 atom stereocenters. The molecule has 0 aliphatic heterocycles. The van der Waals surface area contributed by atoms with E-state index in [0.717, 1.165) is 11.1 Å². The summed E-state index contributed by atoms with van der Waals surface area (Å²) in [5.41, 5.74) is 12.3. The van der Waals surface area contributed by atoms with E-state index < -0.39 is 47.2 Å². The van der Waals surface area contributed by atoms with Crippen molar-refractivity contribution in [3.05, 3.63) is 71.8 Å². The van der Waals surface area contributed by atoms with Gasteiger partial charge in [0.05, 0.1) is 12.0 Å². The molecule has 0 heterocycles. The van der Waals surface area contributed by atoms with Gasteiger partial charge in [0, 0.05) is 6.42 Å². The van der Waals surface area contributed by atoms with Gasteiger partial charge in [-0.3, -0.25) is 14.4 Å². The van der Waals surface area contributed by atoms with Gasteiger partial charge >= 0.3 is 5.97 Å². The Morgan fingerprint density at radius 3 is 1.82 bits per heavy atom. The Morgan fingerprint density at radius 1 is 0.879 bits per heavy atom. The van der Waals surface area contributed by atoms with Gasteiger partial charge < -0.3 is 21.5 Å². The van der Waals surface area contributed by atoms with E-state index in [1.807, 2.05) is 24.3 Å². The number of primary amides is 1. The summed E-state index contributed by atoms with van der Waals surface area (Å²) in [6.07, 6.45) is 0.258. The highest BCUT2D eigenvalue weighted by molar-refractivity contribution is 6.36. The normalized spacial score (nSPS) is 13.9. The third-order valence-corrected chi connectivity index (χ3v) is 4.91. The van der Waals surface area contributed by atoms with Crippen LogP contribution in [0.3, 0.4) is 0 Å². The summed E-state index contributed by atoms with van der Waals surface area (Å²) >= 11 is 0. The minimum atomic E-state index is -1.47. The fourth-order valence-corrected chi connectivity index (χ4v) is 3.25. The monoisotopic (exact) mass is 453 g/mol. The second kappa shape index (κ2) is 11.4. The van der Waals surface area contributed by atoms with Crippen molar-refractivity contribution in [3.63, 3.8) is 0 Å². The van der Waals surface area contributed by atoms with Gasteiger partial charge in [0.15, 0.2) is 0 Å². The largest absolute Gasteiger partial charge is 0.454 e. The van der Waals surface area contributed by atoms with Crippen molar-refractivity contribution in [2.45, 2.75) is 51.3 Å². The lowest BCUT2D eigenvalue weighted by Crippen LogP contribution is -2.54. The number of hydrogen-bond donors (Lipinski definition) is 3. The molecule has 5 N–H and O–H groups in total. The summed E-state index contributed by atoms with van der Waals surface area (Å²) in [7, 11) is 0. The first kappa shape index (κ1) is 25.7. The minimum absolute atomic E-state index is 0.0825. The molecule has 1 unspecified atom stereocenters. The third kappa shape index (κ3) is 8.16. The molecule has 0 fully saturated rings. The van der Waals surface area contributed by atoms with Gasteiger partial charge in [-0.2, -0.15) is 0 Å². The molecule has 0 bridgehead atoms. The lowest BCUT2D eigenvalue weighted by molar-refractivity contribution is -0.163. The van der Waals surface area contributed by atoms with Crippen LogP contribution in [0.4, 0.5) is 0 Å². The molecule has 0 saturated carbocycles. The number of benzene rings is 2. The van der Waals surface area contributed by atoms with E-state index in [9.17, 15) is 19.2 Å². The van der Waals surface area contributed by atoms with Crippen LogP contribution >= 0.6 is 0 Å². The van der Waals surface area contributed by atoms with Crippen LogP contribution in [-0.4, -0.2) is 41.3 Å². The van der Waals surface area contributed by atoms with Crippen molar-refractivity contribution in [3.8, 4) is 0 Å². The number of carbonyl (C=O) groups excluding carboxylic acids is 4. The van der Waals surface area contributed by atoms with Crippen LogP contribution in [0.5, 0.6) is 0 Å². The number of amides is 2. The molecule has 2 rings (SSSR count). The number of ketones is 1. The average molecular weight is 454 g/mol. The lowest BCUT2D eigenvalue weighted by Gasteiger charge is -2.26. The first-order chi connectivity index (χ1) is 15.5. The zero-order valence-corrected chi connectivity index (χ0v) is 19.1. The Morgan fingerprint density at radius 2 is 1.36 bits per heavy atom. The summed E-state index contributed by atoms with van der Waals surface area (Å²) in [5.74, 6) is -4.62. The van der Waals surface area contributed by atoms with Gasteiger partial charge in [-0.05, 0) is 38.3 Å². The highest BCUT2D eigenvalue weighted by atomic mass is 16.6. The highest BCUT2D eigenvalue weighted by Gasteiger charge is 2.37. The fraction of sp³-hybridized carbons (Fsp3) is 0.360. The lowest BCUT2D eigenvalue weighted by atomic mass is 9.88. The van der Waals surface area contributed by atoms with Crippen molar-refractivity contribution in [2.24, 2.45) is 17.4 Å². The molecule has 33 heavy (non-hydrogen) atoms. The molecule has 0 aliphatic carbocycles. The number of esters is 1. The van der Waals surface area contributed by atoms with Crippen molar-refractivity contribution >= 4 is 23.6 Å². The molecule has 0 saturated heterocycles. The van der Waals surface area contributed by atoms with E-state index in [1.165, 1.54) is 0 Å². The second-order valence-corrected chi connectivity index (χ2v) is 8.84. The molecule has 0 aromatic heterocycles. The van der Waals surface area contributed by atoms with Crippen LogP contribution in [-0.2, 0) is 36.8 Å². The summed E-state index contributed by atoms with van der Waals surface area (Å²) in [5, 5.41) is 2.61. The molecule has 0 aliphatic rings. The quantitative estimate of drug-likeness (QED) is 0.366. The van der Waals surface area contributed by atoms with Crippen molar-refractivity contribution in [1.29, 1.82) is 0 Å². The molecular formula is C25H31N3O5. The Bertz CT molecular complexity index is 971. The van der Waals surface area contributed by atoms with E-state index in [1.54, 1.807) is 57.2 Å². The molecule has 2 aromatic rings. The molecule has 176 valence electrons.